The number of aromatic nitrogens is 1. The summed E-state index contributed by atoms with van der Waals surface area (Å²) in [5.74, 6) is -0.352. The number of nitrogens with one attached hydrogen (secondary N) is 1. The molecule has 1 amide bonds. The highest BCUT2D eigenvalue weighted by molar-refractivity contribution is 6.04. The predicted molar refractivity (Wildman–Crippen MR) is 91.1 cm³/mol. The van der Waals surface area contributed by atoms with Crippen molar-refractivity contribution in [2.24, 2.45) is 0 Å². The van der Waals surface area contributed by atoms with E-state index in [2.05, 4.69) is 10.5 Å². The third-order valence-electron chi connectivity index (χ3n) is 3.83. The molecule has 26 heavy (non-hydrogen) atoms. The summed E-state index contributed by atoms with van der Waals surface area (Å²) >= 11 is 0. The summed E-state index contributed by atoms with van der Waals surface area (Å²) in [4.78, 5) is 12.5. The zero-order valence-corrected chi connectivity index (χ0v) is 14.2. The topological polar surface area (TPSA) is 64.4 Å². The summed E-state index contributed by atoms with van der Waals surface area (Å²) in [6, 6.07) is 9.59. The first-order chi connectivity index (χ1) is 12.4. The van der Waals surface area contributed by atoms with E-state index in [4.69, 9.17) is 9.26 Å². The molecule has 0 bridgehead atoms. The Hall–Kier alpha value is -3.22. The highest BCUT2D eigenvalue weighted by Crippen LogP contribution is 2.21. The number of amides is 1. The minimum absolute atomic E-state index is 0.0338. The second kappa shape index (κ2) is 7.35. The number of ether oxygens (including phenoxy) is 1. The van der Waals surface area contributed by atoms with Crippen LogP contribution in [0.4, 0.5) is 14.5 Å². The third-order valence-corrected chi connectivity index (χ3v) is 3.83. The Bertz CT molecular complexity index is 936. The number of aryl methyl sites for hydroxylation is 2. The van der Waals surface area contributed by atoms with E-state index in [0.717, 1.165) is 0 Å². The zero-order valence-electron chi connectivity index (χ0n) is 14.2. The van der Waals surface area contributed by atoms with Gasteiger partial charge >= 0.3 is 0 Å². The molecule has 7 heteroatoms. The van der Waals surface area contributed by atoms with Crippen LogP contribution in [0.1, 0.15) is 27.4 Å². The highest BCUT2D eigenvalue weighted by atomic mass is 19.1. The van der Waals surface area contributed by atoms with Gasteiger partial charge in [-0.05, 0) is 61.9 Å². The van der Waals surface area contributed by atoms with Crippen LogP contribution in [0.25, 0.3) is 0 Å². The van der Waals surface area contributed by atoms with Crippen molar-refractivity contribution in [3.63, 3.8) is 0 Å². The van der Waals surface area contributed by atoms with Gasteiger partial charge in [0, 0.05) is 5.69 Å². The average molecular weight is 358 g/mol. The Morgan fingerprint density at radius 3 is 2.50 bits per heavy atom. The van der Waals surface area contributed by atoms with Gasteiger partial charge in [0.15, 0.2) is 5.69 Å². The van der Waals surface area contributed by atoms with E-state index in [-0.39, 0.29) is 23.9 Å². The molecule has 0 radical (unpaired) electrons. The largest absolute Gasteiger partial charge is 0.489 e. The van der Waals surface area contributed by atoms with Crippen LogP contribution in [0.5, 0.6) is 5.75 Å². The fourth-order valence-corrected chi connectivity index (χ4v) is 2.37. The molecule has 0 aliphatic carbocycles. The van der Waals surface area contributed by atoms with Crippen LogP contribution in [0.3, 0.4) is 0 Å². The van der Waals surface area contributed by atoms with Gasteiger partial charge in [-0.15, -0.1) is 0 Å². The second-order valence-electron chi connectivity index (χ2n) is 5.72. The van der Waals surface area contributed by atoms with Gasteiger partial charge < -0.3 is 14.6 Å². The van der Waals surface area contributed by atoms with Gasteiger partial charge in [-0.25, -0.2) is 8.78 Å². The van der Waals surface area contributed by atoms with E-state index < -0.39 is 5.91 Å². The van der Waals surface area contributed by atoms with Crippen LogP contribution in [0, 0.1) is 25.5 Å². The minimum atomic E-state index is -0.491. The van der Waals surface area contributed by atoms with E-state index in [1.165, 1.54) is 42.5 Å². The van der Waals surface area contributed by atoms with Gasteiger partial charge in [0.25, 0.3) is 5.91 Å². The maximum atomic E-state index is 13.2. The number of halogens is 2. The van der Waals surface area contributed by atoms with Gasteiger partial charge in [-0.1, -0.05) is 5.16 Å². The number of hydrogen-bond acceptors (Lipinski definition) is 4. The summed E-state index contributed by atoms with van der Waals surface area (Å²) in [5.41, 5.74) is 1.62. The molecule has 0 atom stereocenters. The van der Waals surface area contributed by atoms with Crippen molar-refractivity contribution in [2.75, 3.05) is 5.32 Å². The fourth-order valence-electron chi connectivity index (χ4n) is 2.37. The normalized spacial score (nSPS) is 10.6. The van der Waals surface area contributed by atoms with Crippen molar-refractivity contribution in [2.45, 2.75) is 20.5 Å². The molecule has 2 aromatic carbocycles. The Kier molecular flexibility index (Phi) is 4.97. The summed E-state index contributed by atoms with van der Waals surface area (Å²) < 4.78 is 36.8. The van der Waals surface area contributed by atoms with Crippen molar-refractivity contribution >= 4 is 11.6 Å². The second-order valence-corrected chi connectivity index (χ2v) is 5.72. The van der Waals surface area contributed by atoms with E-state index in [1.54, 1.807) is 13.8 Å². The summed E-state index contributed by atoms with van der Waals surface area (Å²) in [6.45, 7) is 3.38. The van der Waals surface area contributed by atoms with Crippen LogP contribution in [0.2, 0.25) is 0 Å². The van der Waals surface area contributed by atoms with Crippen molar-refractivity contribution in [1.82, 2.24) is 5.16 Å². The van der Waals surface area contributed by atoms with Crippen LogP contribution in [-0.4, -0.2) is 11.1 Å². The van der Waals surface area contributed by atoms with Gasteiger partial charge in [0.05, 0.1) is 5.56 Å². The maximum Gasteiger partial charge on any atom is 0.278 e. The molecule has 0 saturated heterocycles. The smallest absolute Gasteiger partial charge is 0.278 e. The standard InChI is InChI=1S/C19H16F2N2O3/c1-11-9-14(21)5-8-17(11)22-19(24)18-16(12(2)26-23-18)10-25-15-6-3-13(20)4-7-15/h3-9H,10H2,1-2H3,(H,22,24). The molecule has 0 aliphatic rings. The molecule has 0 fully saturated rings. The SMILES string of the molecule is Cc1cc(F)ccc1NC(=O)c1noc(C)c1COc1ccc(F)cc1. The van der Waals surface area contributed by atoms with Gasteiger partial charge in [-0.2, -0.15) is 0 Å². The molecule has 3 aromatic rings. The quantitative estimate of drug-likeness (QED) is 0.734. The molecule has 0 spiro atoms. The molecular formula is C19H16F2N2O3. The van der Waals surface area contributed by atoms with Crippen molar-refractivity contribution in [1.29, 1.82) is 0 Å². The number of rotatable bonds is 5. The molecule has 0 saturated carbocycles. The lowest BCUT2D eigenvalue weighted by Gasteiger charge is -2.09. The monoisotopic (exact) mass is 358 g/mol. The first-order valence-corrected chi connectivity index (χ1v) is 7.85. The van der Waals surface area contributed by atoms with Crippen LogP contribution >= 0.6 is 0 Å². The molecule has 3 rings (SSSR count). The molecule has 1 aromatic heterocycles. The molecule has 1 heterocycles. The van der Waals surface area contributed by atoms with Gasteiger partial charge in [0.2, 0.25) is 0 Å². The molecule has 0 unspecified atom stereocenters. The lowest BCUT2D eigenvalue weighted by molar-refractivity contribution is 0.101. The Morgan fingerprint density at radius 2 is 1.81 bits per heavy atom. The molecule has 0 aliphatic heterocycles. The summed E-state index contributed by atoms with van der Waals surface area (Å²) in [5, 5.41) is 6.46. The first kappa shape index (κ1) is 17.6. The Morgan fingerprint density at radius 1 is 1.12 bits per heavy atom. The molecule has 1 N–H and O–H groups in total. The maximum absolute atomic E-state index is 13.2. The van der Waals surface area contributed by atoms with E-state index in [0.29, 0.717) is 28.3 Å². The number of carbonyl (C=O) groups is 1. The van der Waals surface area contributed by atoms with Crippen molar-refractivity contribution < 1.29 is 22.8 Å². The highest BCUT2D eigenvalue weighted by Gasteiger charge is 2.21. The van der Waals surface area contributed by atoms with E-state index in [9.17, 15) is 13.6 Å². The van der Waals surface area contributed by atoms with E-state index >= 15 is 0 Å². The van der Waals surface area contributed by atoms with E-state index in [1.807, 2.05) is 0 Å². The number of carbonyl (C=O) groups excluding carboxylic acids is 1. The molecule has 5 nitrogen and oxygen atoms in total. The number of benzene rings is 2. The average Bonchev–Trinajstić information content (AvgIpc) is 2.98. The van der Waals surface area contributed by atoms with Crippen molar-refractivity contribution in [3.05, 3.63) is 76.7 Å². The molecule has 134 valence electrons. The summed E-state index contributed by atoms with van der Waals surface area (Å²) in [6.07, 6.45) is 0. The lowest BCUT2D eigenvalue weighted by atomic mass is 10.1. The number of hydrogen-bond donors (Lipinski definition) is 1. The Labute approximate surface area is 148 Å². The molecular weight excluding hydrogens is 342 g/mol. The Balaban J connectivity index is 1.76. The number of nitrogens with zero attached hydrogens (tertiary/aromatic N) is 1. The van der Waals surface area contributed by atoms with Crippen molar-refractivity contribution in [3.8, 4) is 5.75 Å². The van der Waals surface area contributed by atoms with Gasteiger partial charge in [0.1, 0.15) is 29.8 Å². The van der Waals surface area contributed by atoms with Crippen LogP contribution in [-0.2, 0) is 6.61 Å². The number of anilines is 1. The minimum Gasteiger partial charge on any atom is -0.489 e. The van der Waals surface area contributed by atoms with Crippen LogP contribution < -0.4 is 10.1 Å². The predicted octanol–water partition coefficient (Wildman–Crippen LogP) is 4.40. The first-order valence-electron chi connectivity index (χ1n) is 7.85. The van der Waals surface area contributed by atoms with Gasteiger partial charge in [-0.3, -0.25) is 4.79 Å². The third kappa shape index (κ3) is 3.88. The zero-order chi connectivity index (χ0) is 18.7. The lowest BCUT2D eigenvalue weighted by Crippen LogP contribution is -2.16. The summed E-state index contributed by atoms with van der Waals surface area (Å²) in [7, 11) is 0. The van der Waals surface area contributed by atoms with Crippen LogP contribution in [0.15, 0.2) is 47.0 Å². The fraction of sp³-hybridized carbons (Fsp3) is 0.158.